The maximum atomic E-state index is 11.0. The molecule has 0 amide bonds. The first-order valence-electron chi connectivity index (χ1n) is 8.50. The maximum absolute atomic E-state index is 11.0. The molecule has 7 heteroatoms. The van der Waals surface area contributed by atoms with Crippen molar-refractivity contribution in [2.75, 3.05) is 0 Å². The Hall–Kier alpha value is -3.14. The first-order chi connectivity index (χ1) is 14.0. The van der Waals surface area contributed by atoms with Crippen LogP contribution in [0.3, 0.4) is 0 Å². The lowest BCUT2D eigenvalue weighted by atomic mass is 10.0. The normalized spacial score (nSPS) is 11.0. The van der Waals surface area contributed by atoms with Gasteiger partial charge in [0.05, 0.1) is 26.1 Å². The van der Waals surface area contributed by atoms with Gasteiger partial charge in [0, 0.05) is 12.1 Å². The van der Waals surface area contributed by atoms with Gasteiger partial charge in [-0.3, -0.25) is 10.1 Å². The van der Waals surface area contributed by atoms with E-state index in [0.29, 0.717) is 33.0 Å². The van der Waals surface area contributed by atoms with Crippen LogP contribution in [0.25, 0.3) is 11.6 Å². The Labute approximate surface area is 181 Å². The van der Waals surface area contributed by atoms with Crippen LogP contribution in [-0.4, -0.2) is 4.92 Å². The lowest BCUT2D eigenvalue weighted by Crippen LogP contribution is -1.97. The number of nitro benzene ring substituents is 1. The van der Waals surface area contributed by atoms with E-state index in [0.717, 1.165) is 5.56 Å². The van der Waals surface area contributed by atoms with E-state index >= 15 is 0 Å². The molecule has 0 spiro atoms. The summed E-state index contributed by atoms with van der Waals surface area (Å²) >= 11 is 9.84. The molecule has 0 heterocycles. The summed E-state index contributed by atoms with van der Waals surface area (Å²) in [6, 6.07) is 21.2. The molecule has 0 N–H and O–H groups in total. The van der Waals surface area contributed by atoms with Crippen molar-refractivity contribution in [3.8, 4) is 11.8 Å². The number of hydrogen-bond acceptors (Lipinski definition) is 4. The van der Waals surface area contributed by atoms with Crippen molar-refractivity contribution in [1.29, 1.82) is 5.26 Å². The van der Waals surface area contributed by atoms with E-state index in [4.69, 9.17) is 16.3 Å². The molecule has 0 saturated carbocycles. The largest absolute Gasteiger partial charge is 0.486 e. The molecule has 3 aromatic carbocycles. The van der Waals surface area contributed by atoms with Crippen LogP contribution in [0.2, 0.25) is 5.02 Å². The third kappa shape index (κ3) is 5.23. The molecular weight excluding hydrogens is 456 g/mol. The number of benzene rings is 3. The molecule has 0 saturated heterocycles. The fourth-order valence-corrected chi connectivity index (χ4v) is 3.65. The number of ether oxygens (including phenoxy) is 1. The molecule has 0 unspecified atom stereocenters. The number of halogens is 2. The van der Waals surface area contributed by atoms with Gasteiger partial charge in [0.25, 0.3) is 5.69 Å². The quantitative estimate of drug-likeness (QED) is 0.175. The van der Waals surface area contributed by atoms with Crippen molar-refractivity contribution in [1.82, 2.24) is 0 Å². The van der Waals surface area contributed by atoms with Crippen molar-refractivity contribution in [3.63, 3.8) is 0 Å². The Morgan fingerprint density at radius 1 is 1.17 bits per heavy atom. The minimum Gasteiger partial charge on any atom is -0.486 e. The summed E-state index contributed by atoms with van der Waals surface area (Å²) < 4.78 is 6.47. The molecule has 3 aromatic rings. The summed E-state index contributed by atoms with van der Waals surface area (Å²) in [5.74, 6) is 0.501. The van der Waals surface area contributed by atoms with Gasteiger partial charge in [0.15, 0.2) is 5.75 Å². The second-order valence-electron chi connectivity index (χ2n) is 6.07. The van der Waals surface area contributed by atoms with Crippen LogP contribution in [0.15, 0.2) is 71.2 Å². The number of non-ortho nitro benzene ring substituents is 1. The summed E-state index contributed by atoms with van der Waals surface area (Å²) in [4.78, 5) is 10.5. The number of nitro groups is 1. The molecule has 0 aliphatic heterocycles. The van der Waals surface area contributed by atoms with Gasteiger partial charge in [0.1, 0.15) is 6.61 Å². The van der Waals surface area contributed by atoms with Crippen LogP contribution < -0.4 is 4.74 Å². The van der Waals surface area contributed by atoms with E-state index in [9.17, 15) is 15.4 Å². The molecule has 0 fully saturated rings. The molecule has 0 radical (unpaired) electrons. The minimum atomic E-state index is -0.495. The van der Waals surface area contributed by atoms with Crippen LogP contribution in [0.4, 0.5) is 5.69 Å². The van der Waals surface area contributed by atoms with Crippen LogP contribution in [0.1, 0.15) is 16.7 Å². The molecule has 29 heavy (non-hydrogen) atoms. The molecule has 5 nitrogen and oxygen atoms in total. The maximum Gasteiger partial charge on any atom is 0.270 e. The summed E-state index contributed by atoms with van der Waals surface area (Å²) in [6.45, 7) is 0.367. The van der Waals surface area contributed by atoms with Gasteiger partial charge >= 0.3 is 0 Å². The van der Waals surface area contributed by atoms with E-state index in [1.165, 1.54) is 12.1 Å². The molecule has 0 bridgehead atoms. The highest BCUT2D eigenvalue weighted by atomic mass is 79.9. The SMILES string of the molecule is N#CC(=Cc1cc(Cl)c(OCc2ccccc2)c(Br)c1)c1cccc([N+](=O)[O-])c1. The van der Waals surface area contributed by atoms with Gasteiger partial charge < -0.3 is 4.74 Å². The third-order valence-electron chi connectivity index (χ3n) is 4.05. The zero-order valence-electron chi connectivity index (χ0n) is 15.0. The summed E-state index contributed by atoms with van der Waals surface area (Å²) in [5.41, 5.74) is 2.34. The number of nitrogens with zero attached hydrogens (tertiary/aromatic N) is 2. The smallest absolute Gasteiger partial charge is 0.270 e. The summed E-state index contributed by atoms with van der Waals surface area (Å²) in [7, 11) is 0. The first kappa shape index (κ1) is 20.6. The lowest BCUT2D eigenvalue weighted by Gasteiger charge is -2.11. The second-order valence-corrected chi connectivity index (χ2v) is 7.33. The average Bonchev–Trinajstić information content (AvgIpc) is 2.72. The van der Waals surface area contributed by atoms with Gasteiger partial charge in [-0.15, -0.1) is 0 Å². The zero-order chi connectivity index (χ0) is 20.8. The van der Waals surface area contributed by atoms with Crippen molar-refractivity contribution < 1.29 is 9.66 Å². The second kappa shape index (κ2) is 9.37. The molecular formula is C22H14BrClN2O3. The van der Waals surface area contributed by atoms with Crippen LogP contribution in [0, 0.1) is 21.4 Å². The number of rotatable bonds is 6. The average molecular weight is 470 g/mol. The van der Waals surface area contributed by atoms with Gasteiger partial charge in [0.2, 0.25) is 0 Å². The predicted octanol–water partition coefficient (Wildman–Crippen LogP) is 6.65. The first-order valence-corrected chi connectivity index (χ1v) is 9.67. The van der Waals surface area contributed by atoms with E-state index in [1.54, 1.807) is 30.3 Å². The topological polar surface area (TPSA) is 76.2 Å². The predicted molar refractivity (Wildman–Crippen MR) is 117 cm³/mol. The fourth-order valence-electron chi connectivity index (χ4n) is 2.66. The monoisotopic (exact) mass is 468 g/mol. The molecule has 0 atom stereocenters. The molecule has 144 valence electrons. The van der Waals surface area contributed by atoms with E-state index in [-0.39, 0.29) is 11.3 Å². The minimum absolute atomic E-state index is 0.0764. The third-order valence-corrected chi connectivity index (χ3v) is 4.92. The van der Waals surface area contributed by atoms with Crippen molar-refractivity contribution in [2.24, 2.45) is 0 Å². The Morgan fingerprint density at radius 3 is 2.59 bits per heavy atom. The highest BCUT2D eigenvalue weighted by Crippen LogP contribution is 2.36. The molecule has 3 rings (SSSR count). The number of hydrogen-bond donors (Lipinski definition) is 0. The Morgan fingerprint density at radius 2 is 1.93 bits per heavy atom. The van der Waals surface area contributed by atoms with Gasteiger partial charge in [-0.2, -0.15) is 5.26 Å². The summed E-state index contributed by atoms with van der Waals surface area (Å²) in [5, 5.41) is 20.9. The Balaban J connectivity index is 1.88. The van der Waals surface area contributed by atoms with Crippen LogP contribution in [0.5, 0.6) is 5.75 Å². The fraction of sp³-hybridized carbons (Fsp3) is 0.0455. The van der Waals surface area contributed by atoms with Crippen LogP contribution in [-0.2, 0) is 6.61 Å². The lowest BCUT2D eigenvalue weighted by molar-refractivity contribution is -0.384. The van der Waals surface area contributed by atoms with E-state index in [1.807, 2.05) is 30.3 Å². The highest BCUT2D eigenvalue weighted by molar-refractivity contribution is 9.10. The van der Waals surface area contributed by atoms with Crippen molar-refractivity contribution in [3.05, 3.63) is 103 Å². The van der Waals surface area contributed by atoms with Crippen molar-refractivity contribution in [2.45, 2.75) is 6.61 Å². The highest BCUT2D eigenvalue weighted by Gasteiger charge is 2.12. The van der Waals surface area contributed by atoms with Gasteiger partial charge in [-0.1, -0.05) is 54.1 Å². The summed E-state index contributed by atoms with van der Waals surface area (Å²) in [6.07, 6.45) is 1.62. The Kier molecular flexibility index (Phi) is 6.65. The van der Waals surface area contributed by atoms with Gasteiger partial charge in [-0.05, 0) is 50.8 Å². The molecule has 0 aromatic heterocycles. The number of allylic oxidation sites excluding steroid dienone is 1. The van der Waals surface area contributed by atoms with Gasteiger partial charge in [-0.25, -0.2) is 0 Å². The zero-order valence-corrected chi connectivity index (χ0v) is 17.4. The van der Waals surface area contributed by atoms with Crippen LogP contribution >= 0.6 is 27.5 Å². The van der Waals surface area contributed by atoms with Crippen molar-refractivity contribution >= 4 is 44.9 Å². The Bertz CT molecular complexity index is 1100. The molecule has 0 aliphatic rings. The molecule has 0 aliphatic carbocycles. The standard InChI is InChI=1S/C22H14BrClN2O3/c23-20-10-16(9-18(13-25)17-7-4-8-19(12-17)26(27)28)11-21(24)22(20)29-14-15-5-2-1-3-6-15/h1-12H,14H2. The van der Waals surface area contributed by atoms with E-state index in [2.05, 4.69) is 22.0 Å². The number of nitriles is 1. The van der Waals surface area contributed by atoms with E-state index < -0.39 is 4.92 Å².